The van der Waals surface area contributed by atoms with Crippen molar-refractivity contribution in [1.82, 2.24) is 4.90 Å². The van der Waals surface area contributed by atoms with Crippen LogP contribution in [0.5, 0.6) is 0 Å². The first-order valence-corrected chi connectivity index (χ1v) is 9.33. The summed E-state index contributed by atoms with van der Waals surface area (Å²) >= 11 is 5.79. The fourth-order valence-corrected chi connectivity index (χ4v) is 3.43. The molecule has 1 aliphatic heterocycles. The molecule has 0 atom stereocenters. The number of rotatable bonds is 5. The monoisotopic (exact) mass is 398 g/mol. The van der Waals surface area contributed by atoms with Crippen LogP contribution in [-0.4, -0.2) is 34.6 Å². The molecule has 0 N–H and O–H groups in total. The van der Waals surface area contributed by atoms with E-state index in [0.29, 0.717) is 37.1 Å². The van der Waals surface area contributed by atoms with Crippen molar-refractivity contribution < 1.29 is 14.5 Å². The summed E-state index contributed by atoms with van der Waals surface area (Å²) in [7, 11) is 0. The minimum atomic E-state index is -0.560. The van der Waals surface area contributed by atoms with Crippen molar-refractivity contribution in [2.75, 3.05) is 13.1 Å². The van der Waals surface area contributed by atoms with Gasteiger partial charge in [-0.2, -0.15) is 0 Å². The van der Waals surface area contributed by atoms with Gasteiger partial charge in [0, 0.05) is 36.7 Å². The summed E-state index contributed by atoms with van der Waals surface area (Å²) < 4.78 is 0. The number of amides is 1. The van der Waals surface area contributed by atoms with Gasteiger partial charge in [0.2, 0.25) is 5.91 Å². The first-order valence-electron chi connectivity index (χ1n) is 8.96. The molecule has 0 bridgehead atoms. The number of carbonyl (C=O) groups is 2. The molecule has 1 saturated heterocycles. The van der Waals surface area contributed by atoms with Gasteiger partial charge in [0.15, 0.2) is 5.78 Å². The molecule has 1 aliphatic rings. The minimum Gasteiger partial charge on any atom is -0.339 e. The Morgan fingerprint density at radius 2 is 1.79 bits per heavy atom. The van der Waals surface area contributed by atoms with Crippen molar-refractivity contribution in [3.05, 3.63) is 80.9 Å². The average molecular weight is 399 g/mol. The maximum atomic E-state index is 12.5. The molecule has 6 nitrogen and oxygen atoms in total. The maximum absolute atomic E-state index is 12.5. The van der Waals surface area contributed by atoms with Gasteiger partial charge in [-0.15, -0.1) is 0 Å². The van der Waals surface area contributed by atoms with Crippen LogP contribution in [0.2, 0.25) is 5.02 Å². The van der Waals surface area contributed by atoms with Gasteiger partial charge >= 0.3 is 0 Å². The molecule has 3 rings (SSSR count). The van der Waals surface area contributed by atoms with Crippen molar-refractivity contribution in [3.8, 4) is 0 Å². The van der Waals surface area contributed by atoms with E-state index in [1.54, 1.807) is 11.0 Å². The molecule has 28 heavy (non-hydrogen) atoms. The van der Waals surface area contributed by atoms with E-state index >= 15 is 0 Å². The Morgan fingerprint density at radius 1 is 1.11 bits per heavy atom. The zero-order chi connectivity index (χ0) is 20.1. The highest BCUT2D eigenvalue weighted by molar-refractivity contribution is 6.32. The Hall–Kier alpha value is -2.99. The van der Waals surface area contributed by atoms with E-state index in [-0.39, 0.29) is 28.3 Å². The fraction of sp³-hybridized carbons (Fsp3) is 0.238. The van der Waals surface area contributed by atoms with Crippen molar-refractivity contribution in [2.45, 2.75) is 12.8 Å². The number of likely N-dealkylation sites (tertiary alicyclic amines) is 1. The third-order valence-corrected chi connectivity index (χ3v) is 5.14. The Morgan fingerprint density at radius 3 is 2.43 bits per heavy atom. The highest BCUT2D eigenvalue weighted by Gasteiger charge is 2.27. The molecule has 1 heterocycles. The van der Waals surface area contributed by atoms with Gasteiger partial charge in [0.1, 0.15) is 5.02 Å². The molecular formula is C21H19ClN2O4. The molecule has 1 amide bonds. The quantitative estimate of drug-likeness (QED) is 0.324. The number of carbonyl (C=O) groups excluding carboxylic acids is 2. The number of ketones is 1. The second kappa shape index (κ2) is 8.80. The smallest absolute Gasteiger partial charge is 0.288 e. The summed E-state index contributed by atoms with van der Waals surface area (Å²) in [6.45, 7) is 1.01. The van der Waals surface area contributed by atoms with Gasteiger partial charge in [-0.05, 0) is 30.5 Å². The third kappa shape index (κ3) is 4.64. The second-order valence-electron chi connectivity index (χ2n) is 6.63. The van der Waals surface area contributed by atoms with Gasteiger partial charge in [-0.1, -0.05) is 48.0 Å². The Bertz CT molecular complexity index is 919. The lowest BCUT2D eigenvalue weighted by Crippen LogP contribution is -2.39. The molecule has 2 aromatic rings. The summed E-state index contributed by atoms with van der Waals surface area (Å²) in [4.78, 5) is 37.0. The van der Waals surface area contributed by atoms with Crippen LogP contribution in [0.4, 0.5) is 5.69 Å². The molecule has 2 aromatic carbocycles. The first kappa shape index (κ1) is 19.8. The summed E-state index contributed by atoms with van der Waals surface area (Å²) in [6, 6.07) is 13.6. The predicted octanol–water partition coefficient (Wildman–Crippen LogP) is 4.38. The molecule has 0 unspecified atom stereocenters. The standard InChI is InChI=1S/C21H19ClN2O4/c22-18-8-6-15(14-19(18)24(27)28)7-9-20(25)23-12-10-17(11-13-23)21(26)16-4-2-1-3-5-16/h1-9,14,17H,10-13H2. The van der Waals surface area contributed by atoms with Crippen LogP contribution in [0.3, 0.4) is 0 Å². The van der Waals surface area contributed by atoms with Crippen LogP contribution in [0.1, 0.15) is 28.8 Å². The van der Waals surface area contributed by atoms with E-state index < -0.39 is 4.92 Å². The van der Waals surface area contributed by atoms with E-state index in [0.717, 1.165) is 0 Å². The minimum absolute atomic E-state index is 0.0543. The maximum Gasteiger partial charge on any atom is 0.288 e. The topological polar surface area (TPSA) is 80.5 Å². The van der Waals surface area contributed by atoms with Crippen molar-refractivity contribution >= 4 is 35.1 Å². The molecule has 0 aromatic heterocycles. The molecule has 1 fully saturated rings. The molecular weight excluding hydrogens is 380 g/mol. The zero-order valence-corrected chi connectivity index (χ0v) is 15.8. The number of piperidine rings is 1. The average Bonchev–Trinajstić information content (AvgIpc) is 2.73. The van der Waals surface area contributed by atoms with E-state index in [1.807, 2.05) is 30.3 Å². The lowest BCUT2D eigenvalue weighted by atomic mass is 9.89. The van der Waals surface area contributed by atoms with Gasteiger partial charge in [-0.3, -0.25) is 19.7 Å². The van der Waals surface area contributed by atoms with Crippen LogP contribution < -0.4 is 0 Å². The largest absolute Gasteiger partial charge is 0.339 e. The molecule has 0 radical (unpaired) electrons. The van der Waals surface area contributed by atoms with Gasteiger partial charge in [-0.25, -0.2) is 0 Å². The van der Waals surface area contributed by atoms with Gasteiger partial charge in [0.25, 0.3) is 5.69 Å². The SMILES string of the molecule is O=C(c1ccccc1)C1CCN(C(=O)C=Cc2ccc(Cl)c([N+](=O)[O-])c2)CC1. The van der Waals surface area contributed by atoms with Crippen LogP contribution in [0.15, 0.2) is 54.6 Å². The second-order valence-corrected chi connectivity index (χ2v) is 7.04. The number of hydrogen-bond acceptors (Lipinski definition) is 4. The Kier molecular flexibility index (Phi) is 6.21. The van der Waals surface area contributed by atoms with Crippen molar-refractivity contribution in [3.63, 3.8) is 0 Å². The normalized spacial score (nSPS) is 15.0. The van der Waals surface area contributed by atoms with Crippen LogP contribution in [-0.2, 0) is 4.79 Å². The summed E-state index contributed by atoms with van der Waals surface area (Å²) in [5.41, 5.74) is 1.03. The molecule has 7 heteroatoms. The van der Waals surface area contributed by atoms with E-state index in [9.17, 15) is 19.7 Å². The number of nitro groups is 1. The molecule has 0 spiro atoms. The summed E-state index contributed by atoms with van der Waals surface area (Å²) in [5, 5.41) is 11.0. The highest BCUT2D eigenvalue weighted by Crippen LogP contribution is 2.26. The number of nitro benzene ring substituents is 1. The third-order valence-electron chi connectivity index (χ3n) is 4.82. The van der Waals surface area contributed by atoms with Crippen LogP contribution >= 0.6 is 11.6 Å². The van der Waals surface area contributed by atoms with Gasteiger partial charge in [0.05, 0.1) is 4.92 Å². The number of Topliss-reactive ketones (excluding diaryl/α,β-unsaturated/α-hetero) is 1. The van der Waals surface area contributed by atoms with Gasteiger partial charge < -0.3 is 4.90 Å². The summed E-state index contributed by atoms with van der Waals surface area (Å²) in [5.74, 6) is -0.130. The van der Waals surface area contributed by atoms with Crippen LogP contribution in [0.25, 0.3) is 6.08 Å². The molecule has 0 aliphatic carbocycles. The highest BCUT2D eigenvalue weighted by atomic mass is 35.5. The lowest BCUT2D eigenvalue weighted by Gasteiger charge is -2.30. The molecule has 144 valence electrons. The predicted molar refractivity (Wildman–Crippen MR) is 107 cm³/mol. The Balaban J connectivity index is 1.58. The lowest BCUT2D eigenvalue weighted by molar-refractivity contribution is -0.384. The number of nitrogens with zero attached hydrogens (tertiary/aromatic N) is 2. The molecule has 0 saturated carbocycles. The van der Waals surface area contributed by atoms with Crippen molar-refractivity contribution in [2.24, 2.45) is 5.92 Å². The Labute approximate surface area is 167 Å². The van der Waals surface area contributed by atoms with Crippen LogP contribution in [0, 0.1) is 16.0 Å². The zero-order valence-electron chi connectivity index (χ0n) is 15.1. The van der Waals surface area contributed by atoms with E-state index in [2.05, 4.69) is 0 Å². The number of halogens is 1. The van der Waals surface area contributed by atoms with E-state index in [1.165, 1.54) is 24.3 Å². The number of hydrogen-bond donors (Lipinski definition) is 0. The number of benzene rings is 2. The van der Waals surface area contributed by atoms with Crippen molar-refractivity contribution in [1.29, 1.82) is 0 Å². The summed E-state index contributed by atoms with van der Waals surface area (Å²) in [6.07, 6.45) is 4.18. The first-order chi connectivity index (χ1) is 13.5. The van der Waals surface area contributed by atoms with E-state index in [4.69, 9.17) is 11.6 Å². The fourth-order valence-electron chi connectivity index (χ4n) is 3.25.